The fourth-order valence-electron chi connectivity index (χ4n) is 4.21. The number of ether oxygens (including phenoxy) is 1. The molecule has 2 heterocycles. The van der Waals surface area contributed by atoms with Gasteiger partial charge in [0.1, 0.15) is 11.9 Å². The molecule has 1 saturated heterocycles. The third kappa shape index (κ3) is 1.33. The molecular weight excluding hydrogens is 246 g/mol. The molecule has 3 heteroatoms. The SMILES string of the molecule is CN1CC[C@@]23C[C@H]1CC[C@H]2Oc1ccc(Cl)cc13. The standard InChI is InChI=1S/C15H18ClNO/c1-17-7-6-15-9-11(17)3-5-14(15)18-13-4-2-10(16)8-12(13)15/h2,4,8,11,14H,3,5-7,9H2,1H3/t11-,14-,15+/m1/s1. The van der Waals surface area contributed by atoms with E-state index < -0.39 is 0 Å². The first-order valence-electron chi connectivity index (χ1n) is 6.86. The van der Waals surface area contributed by atoms with E-state index in [0.717, 1.165) is 16.8 Å². The van der Waals surface area contributed by atoms with Gasteiger partial charge in [-0.15, -0.1) is 0 Å². The maximum atomic E-state index is 6.20. The maximum Gasteiger partial charge on any atom is 0.123 e. The van der Waals surface area contributed by atoms with Gasteiger partial charge in [0.25, 0.3) is 0 Å². The quantitative estimate of drug-likeness (QED) is 0.713. The Labute approximate surface area is 113 Å². The van der Waals surface area contributed by atoms with Gasteiger partial charge in [-0.25, -0.2) is 0 Å². The van der Waals surface area contributed by atoms with Gasteiger partial charge >= 0.3 is 0 Å². The van der Waals surface area contributed by atoms with E-state index in [4.69, 9.17) is 16.3 Å². The van der Waals surface area contributed by atoms with Gasteiger partial charge < -0.3 is 9.64 Å². The summed E-state index contributed by atoms with van der Waals surface area (Å²) in [5.41, 5.74) is 1.62. The molecule has 2 bridgehead atoms. The summed E-state index contributed by atoms with van der Waals surface area (Å²) in [5.74, 6) is 1.08. The molecule has 1 aromatic rings. The number of fused-ring (bicyclic) bond motifs is 2. The molecule has 1 aliphatic carbocycles. The lowest BCUT2D eigenvalue weighted by molar-refractivity contribution is 0.00487. The zero-order valence-electron chi connectivity index (χ0n) is 10.7. The fraction of sp³-hybridized carbons (Fsp3) is 0.600. The lowest BCUT2D eigenvalue weighted by atomic mass is 9.63. The van der Waals surface area contributed by atoms with E-state index in [9.17, 15) is 0 Å². The Morgan fingerprint density at radius 2 is 2.28 bits per heavy atom. The van der Waals surface area contributed by atoms with Crippen molar-refractivity contribution in [3.8, 4) is 5.75 Å². The highest BCUT2D eigenvalue weighted by Gasteiger charge is 2.54. The Hall–Kier alpha value is -0.730. The molecule has 1 saturated carbocycles. The molecule has 1 aromatic carbocycles. The van der Waals surface area contributed by atoms with Crippen molar-refractivity contribution in [3.63, 3.8) is 0 Å². The molecule has 0 aromatic heterocycles. The van der Waals surface area contributed by atoms with Gasteiger partial charge in [-0.1, -0.05) is 11.6 Å². The van der Waals surface area contributed by atoms with Gasteiger partial charge in [0.15, 0.2) is 0 Å². The maximum absolute atomic E-state index is 6.20. The Morgan fingerprint density at radius 1 is 1.39 bits per heavy atom. The van der Waals surface area contributed by atoms with Crippen molar-refractivity contribution in [2.24, 2.45) is 0 Å². The van der Waals surface area contributed by atoms with Crippen LogP contribution in [0.25, 0.3) is 0 Å². The Balaban J connectivity index is 1.83. The average molecular weight is 264 g/mol. The number of likely N-dealkylation sites (tertiary alicyclic amines) is 1. The highest BCUT2D eigenvalue weighted by atomic mass is 35.5. The summed E-state index contributed by atoms with van der Waals surface area (Å²) in [6.45, 7) is 1.18. The van der Waals surface area contributed by atoms with E-state index in [1.54, 1.807) is 0 Å². The van der Waals surface area contributed by atoms with Gasteiger partial charge in [0.2, 0.25) is 0 Å². The first-order chi connectivity index (χ1) is 8.69. The van der Waals surface area contributed by atoms with Crippen LogP contribution in [0.1, 0.15) is 31.2 Å². The number of rotatable bonds is 0. The largest absolute Gasteiger partial charge is 0.489 e. The third-order valence-electron chi connectivity index (χ3n) is 5.26. The topological polar surface area (TPSA) is 12.5 Å². The molecule has 96 valence electrons. The predicted octanol–water partition coefficient (Wildman–Crippen LogP) is 3.23. The highest BCUT2D eigenvalue weighted by Crippen LogP contribution is 2.55. The molecule has 3 atom stereocenters. The van der Waals surface area contributed by atoms with Crippen molar-refractivity contribution in [1.82, 2.24) is 4.90 Å². The van der Waals surface area contributed by atoms with Crippen molar-refractivity contribution in [2.75, 3.05) is 13.6 Å². The number of piperidine rings is 1. The smallest absolute Gasteiger partial charge is 0.123 e. The zero-order chi connectivity index (χ0) is 12.3. The van der Waals surface area contributed by atoms with E-state index in [1.165, 1.54) is 37.8 Å². The lowest BCUT2D eigenvalue weighted by Crippen LogP contribution is -2.55. The van der Waals surface area contributed by atoms with Gasteiger partial charge in [0, 0.05) is 22.0 Å². The van der Waals surface area contributed by atoms with Crippen LogP contribution in [0.15, 0.2) is 18.2 Å². The van der Waals surface area contributed by atoms with Crippen LogP contribution in [-0.2, 0) is 5.41 Å². The molecule has 4 rings (SSSR count). The minimum atomic E-state index is 0.246. The second-order valence-electron chi connectivity index (χ2n) is 6.07. The summed E-state index contributed by atoms with van der Waals surface area (Å²) in [6.07, 6.45) is 5.28. The van der Waals surface area contributed by atoms with Gasteiger partial charge in [-0.3, -0.25) is 0 Å². The fourth-order valence-corrected chi connectivity index (χ4v) is 4.38. The molecule has 18 heavy (non-hydrogen) atoms. The first kappa shape index (κ1) is 11.1. The van der Waals surface area contributed by atoms with Crippen LogP contribution in [0.2, 0.25) is 5.02 Å². The Kier molecular flexibility index (Phi) is 2.25. The minimum Gasteiger partial charge on any atom is -0.489 e. The summed E-state index contributed by atoms with van der Waals surface area (Å²) in [6, 6.07) is 6.87. The summed E-state index contributed by atoms with van der Waals surface area (Å²) < 4.78 is 6.20. The second kappa shape index (κ2) is 3.64. The third-order valence-corrected chi connectivity index (χ3v) is 5.49. The van der Waals surface area contributed by atoms with Crippen molar-refractivity contribution < 1.29 is 4.74 Å². The van der Waals surface area contributed by atoms with Crippen LogP contribution in [0.3, 0.4) is 0 Å². The number of halogens is 1. The van der Waals surface area contributed by atoms with E-state index in [2.05, 4.69) is 24.1 Å². The normalized spacial score (nSPS) is 37.9. The van der Waals surface area contributed by atoms with Crippen molar-refractivity contribution in [1.29, 1.82) is 0 Å². The molecule has 2 aliphatic heterocycles. The van der Waals surface area contributed by atoms with E-state index in [0.29, 0.717) is 6.10 Å². The molecule has 0 unspecified atom stereocenters. The summed E-state index contributed by atoms with van der Waals surface area (Å²) in [7, 11) is 2.26. The molecular formula is C15H18ClNO. The van der Waals surface area contributed by atoms with Crippen LogP contribution >= 0.6 is 11.6 Å². The predicted molar refractivity (Wildman–Crippen MR) is 72.4 cm³/mol. The van der Waals surface area contributed by atoms with Crippen LogP contribution in [0.5, 0.6) is 5.75 Å². The molecule has 1 spiro atoms. The molecule has 2 fully saturated rings. The van der Waals surface area contributed by atoms with E-state index >= 15 is 0 Å². The van der Waals surface area contributed by atoms with Crippen molar-refractivity contribution in [2.45, 2.75) is 43.2 Å². The second-order valence-corrected chi connectivity index (χ2v) is 6.51. The Morgan fingerprint density at radius 3 is 3.17 bits per heavy atom. The van der Waals surface area contributed by atoms with Gasteiger partial charge in [-0.2, -0.15) is 0 Å². The van der Waals surface area contributed by atoms with Gasteiger partial charge in [0.05, 0.1) is 0 Å². The molecule has 3 aliphatic rings. The summed E-state index contributed by atoms with van der Waals surface area (Å²) in [5, 5.41) is 0.841. The average Bonchev–Trinajstić information content (AvgIpc) is 2.68. The number of hydrogen-bond acceptors (Lipinski definition) is 2. The van der Waals surface area contributed by atoms with E-state index in [-0.39, 0.29) is 5.41 Å². The van der Waals surface area contributed by atoms with Crippen LogP contribution in [0.4, 0.5) is 0 Å². The summed E-state index contributed by atoms with van der Waals surface area (Å²) >= 11 is 6.19. The van der Waals surface area contributed by atoms with Crippen molar-refractivity contribution >= 4 is 11.6 Å². The molecule has 0 amide bonds. The molecule has 2 nitrogen and oxygen atoms in total. The number of benzene rings is 1. The number of nitrogens with zero attached hydrogens (tertiary/aromatic N) is 1. The van der Waals surface area contributed by atoms with Crippen LogP contribution in [-0.4, -0.2) is 30.6 Å². The van der Waals surface area contributed by atoms with Gasteiger partial charge in [-0.05, 0) is 57.5 Å². The monoisotopic (exact) mass is 263 g/mol. The van der Waals surface area contributed by atoms with Crippen LogP contribution in [0, 0.1) is 0 Å². The first-order valence-corrected chi connectivity index (χ1v) is 7.24. The highest BCUT2D eigenvalue weighted by molar-refractivity contribution is 6.30. The minimum absolute atomic E-state index is 0.246. The number of hydrogen-bond donors (Lipinski definition) is 0. The van der Waals surface area contributed by atoms with Crippen LogP contribution < -0.4 is 4.74 Å². The van der Waals surface area contributed by atoms with E-state index in [1.807, 2.05) is 6.07 Å². The summed E-state index contributed by atoms with van der Waals surface area (Å²) in [4.78, 5) is 2.52. The lowest BCUT2D eigenvalue weighted by Gasteiger charge is -2.49. The molecule has 0 radical (unpaired) electrons. The molecule has 0 N–H and O–H groups in total. The Bertz CT molecular complexity index is 503. The zero-order valence-corrected chi connectivity index (χ0v) is 11.4. The van der Waals surface area contributed by atoms with Crippen molar-refractivity contribution in [3.05, 3.63) is 28.8 Å².